The smallest absolute Gasteiger partial charge is 0.414 e. The number of hydroxylamine groups is 1. The molecule has 2 aromatic rings. The van der Waals surface area contributed by atoms with E-state index in [2.05, 4.69) is 21.2 Å². The molecule has 0 aromatic heterocycles. The number of hydrogen-bond acceptors (Lipinski definition) is 7. The Morgan fingerprint density at radius 3 is 2.55 bits per heavy atom. The first-order chi connectivity index (χ1) is 15.8. The van der Waals surface area contributed by atoms with E-state index < -0.39 is 30.1 Å². The summed E-state index contributed by atoms with van der Waals surface area (Å²) in [6.45, 7) is 2.05. The molecule has 10 heteroatoms. The predicted octanol–water partition coefficient (Wildman–Crippen LogP) is 4.01. The number of benzene rings is 2. The number of carbonyl (C=O) groups excluding carboxylic acids is 3. The van der Waals surface area contributed by atoms with E-state index in [-0.39, 0.29) is 23.5 Å². The molecule has 0 heterocycles. The van der Waals surface area contributed by atoms with Crippen molar-refractivity contribution >= 4 is 33.8 Å². The third-order valence-corrected chi connectivity index (χ3v) is 4.99. The topological polar surface area (TPSA) is 134 Å². The van der Waals surface area contributed by atoms with E-state index in [1.807, 2.05) is 0 Å². The molecule has 0 spiro atoms. The number of aromatic hydroxyl groups is 1. The molecule has 0 fully saturated rings. The summed E-state index contributed by atoms with van der Waals surface area (Å²) < 4.78 is 12.0. The van der Waals surface area contributed by atoms with Gasteiger partial charge in [-0.15, -0.1) is 0 Å². The molecule has 0 aliphatic carbocycles. The van der Waals surface area contributed by atoms with E-state index in [0.29, 0.717) is 17.3 Å². The summed E-state index contributed by atoms with van der Waals surface area (Å²) in [5.41, 5.74) is 2.06. The first kappa shape index (κ1) is 26.0. The van der Waals surface area contributed by atoms with Crippen molar-refractivity contribution in [3.8, 4) is 5.75 Å². The molecular weight excluding hydrogens is 496 g/mol. The van der Waals surface area contributed by atoms with Crippen LogP contribution in [0.15, 0.2) is 65.2 Å². The lowest BCUT2D eigenvalue weighted by molar-refractivity contribution is -0.124. The Kier molecular flexibility index (Phi) is 10.5. The van der Waals surface area contributed by atoms with Gasteiger partial charge in [-0.25, -0.2) is 10.3 Å². The second-order valence-electron chi connectivity index (χ2n) is 6.80. The number of halogens is 1. The summed E-state index contributed by atoms with van der Waals surface area (Å²) in [7, 11) is 0. The van der Waals surface area contributed by atoms with Crippen LogP contribution in [0.3, 0.4) is 0 Å². The highest BCUT2D eigenvalue weighted by atomic mass is 79.9. The number of amides is 3. The summed E-state index contributed by atoms with van der Waals surface area (Å²) in [5, 5.41) is 21.2. The van der Waals surface area contributed by atoms with Crippen molar-refractivity contribution in [3.63, 3.8) is 0 Å². The number of imide groups is 1. The van der Waals surface area contributed by atoms with Crippen LogP contribution in [0.25, 0.3) is 0 Å². The molecule has 0 radical (unpaired) electrons. The monoisotopic (exact) mass is 520 g/mol. The summed E-state index contributed by atoms with van der Waals surface area (Å²) >= 11 is 3.34. The Hall–Kier alpha value is -3.21. The zero-order valence-electron chi connectivity index (χ0n) is 17.9. The molecule has 9 nitrogen and oxygen atoms in total. The lowest BCUT2D eigenvalue weighted by Gasteiger charge is -2.27. The molecule has 0 bridgehead atoms. The minimum Gasteiger partial charge on any atom is -0.508 e. The Balaban J connectivity index is 2.24. The number of alkyl carbamates (subject to hydrolysis) is 1. The van der Waals surface area contributed by atoms with Crippen molar-refractivity contribution < 1.29 is 34.2 Å². The molecule has 0 saturated heterocycles. The van der Waals surface area contributed by atoms with E-state index in [1.165, 1.54) is 17.6 Å². The number of phenols is 1. The van der Waals surface area contributed by atoms with Crippen LogP contribution in [0.5, 0.6) is 5.75 Å². The predicted molar refractivity (Wildman–Crippen MR) is 123 cm³/mol. The molecule has 4 N–H and O–H groups in total. The molecule has 0 unspecified atom stereocenters. The number of phenolic OH excluding ortho intramolecular Hbond substituents is 1. The quantitative estimate of drug-likeness (QED) is 0.211. The SMILES string of the molecule is CCO[C@H](CC/C=C/C(=O)NO)[C@H](OC(=O)NC(=O)c1ccccc1)c1cc(Br)ccc1O. The summed E-state index contributed by atoms with van der Waals surface area (Å²) in [5.74, 6) is -1.44. The maximum atomic E-state index is 12.6. The van der Waals surface area contributed by atoms with E-state index in [0.717, 1.165) is 6.08 Å². The van der Waals surface area contributed by atoms with Gasteiger partial charge < -0.3 is 14.6 Å². The Labute approximate surface area is 199 Å². The number of allylic oxidation sites excluding steroid dienone is 1. The molecule has 2 aromatic carbocycles. The van der Waals surface area contributed by atoms with Crippen LogP contribution in [0.4, 0.5) is 4.79 Å². The molecule has 0 saturated carbocycles. The highest BCUT2D eigenvalue weighted by Crippen LogP contribution is 2.35. The van der Waals surface area contributed by atoms with Gasteiger partial charge in [0.1, 0.15) is 5.75 Å². The van der Waals surface area contributed by atoms with Gasteiger partial charge in [0.2, 0.25) is 0 Å². The Morgan fingerprint density at radius 2 is 1.88 bits per heavy atom. The van der Waals surface area contributed by atoms with E-state index >= 15 is 0 Å². The first-order valence-corrected chi connectivity index (χ1v) is 10.9. The lowest BCUT2D eigenvalue weighted by atomic mass is 9.99. The van der Waals surface area contributed by atoms with E-state index in [9.17, 15) is 19.5 Å². The van der Waals surface area contributed by atoms with E-state index in [1.54, 1.807) is 49.4 Å². The van der Waals surface area contributed by atoms with Crippen LogP contribution in [0.1, 0.15) is 41.8 Å². The van der Waals surface area contributed by atoms with E-state index in [4.69, 9.17) is 14.7 Å². The van der Waals surface area contributed by atoms with Crippen LogP contribution in [0.2, 0.25) is 0 Å². The summed E-state index contributed by atoms with van der Waals surface area (Å²) in [6.07, 6.45) is 0.542. The third kappa shape index (κ3) is 8.33. The zero-order chi connectivity index (χ0) is 24.2. The first-order valence-electron chi connectivity index (χ1n) is 10.1. The van der Waals surface area contributed by atoms with Crippen molar-refractivity contribution in [1.82, 2.24) is 10.8 Å². The van der Waals surface area contributed by atoms with Crippen LogP contribution in [-0.2, 0) is 14.3 Å². The molecule has 3 amide bonds. The molecule has 0 aliphatic heterocycles. The van der Waals surface area contributed by atoms with Crippen molar-refractivity contribution in [2.75, 3.05) is 6.61 Å². The standard InChI is InChI=1S/C23H25BrN2O7/c1-2-32-19(10-6-7-11-20(28)26-31)21(17-14-16(24)12-13-18(17)27)33-23(30)25-22(29)15-8-4-3-5-9-15/h3-5,7-9,11-14,19,21,27,31H,2,6,10H2,1H3,(H,26,28)(H,25,29,30)/b11-7+/t19-,21-/m1/s1. The number of rotatable bonds is 10. The van der Waals surface area contributed by atoms with Gasteiger partial charge in [-0.2, -0.15) is 0 Å². The zero-order valence-corrected chi connectivity index (χ0v) is 19.4. The van der Waals surface area contributed by atoms with Gasteiger partial charge in [0.05, 0.1) is 6.10 Å². The number of hydrogen-bond donors (Lipinski definition) is 4. The van der Waals surface area contributed by atoms with Crippen molar-refractivity contribution in [2.24, 2.45) is 0 Å². The van der Waals surface area contributed by atoms with Crippen LogP contribution >= 0.6 is 15.9 Å². The van der Waals surface area contributed by atoms with Gasteiger partial charge >= 0.3 is 6.09 Å². The maximum absolute atomic E-state index is 12.6. The Morgan fingerprint density at radius 1 is 1.15 bits per heavy atom. The molecule has 33 heavy (non-hydrogen) atoms. The average molecular weight is 521 g/mol. The average Bonchev–Trinajstić information content (AvgIpc) is 2.81. The highest BCUT2D eigenvalue weighted by Gasteiger charge is 2.30. The van der Waals surface area contributed by atoms with Crippen molar-refractivity contribution in [3.05, 3.63) is 76.3 Å². The minimum atomic E-state index is -1.06. The highest BCUT2D eigenvalue weighted by molar-refractivity contribution is 9.10. The van der Waals surface area contributed by atoms with Crippen LogP contribution in [-0.4, -0.2) is 40.9 Å². The molecular formula is C23H25BrN2O7. The maximum Gasteiger partial charge on any atom is 0.414 e. The van der Waals surface area contributed by atoms with Gasteiger partial charge in [-0.05, 0) is 50.1 Å². The second-order valence-corrected chi connectivity index (χ2v) is 7.71. The number of carbonyl (C=O) groups is 3. The van der Waals surface area contributed by atoms with Gasteiger partial charge in [-0.1, -0.05) is 40.2 Å². The van der Waals surface area contributed by atoms with Crippen molar-refractivity contribution in [2.45, 2.75) is 32.0 Å². The second kappa shape index (κ2) is 13.4. The minimum absolute atomic E-state index is 0.120. The van der Waals surface area contributed by atoms with Crippen LogP contribution < -0.4 is 10.8 Å². The van der Waals surface area contributed by atoms with Gasteiger partial charge in [-0.3, -0.25) is 20.1 Å². The molecule has 2 atom stereocenters. The van der Waals surface area contributed by atoms with Gasteiger partial charge in [0.25, 0.3) is 11.8 Å². The third-order valence-electron chi connectivity index (χ3n) is 4.50. The molecule has 176 valence electrons. The van der Waals surface area contributed by atoms with Crippen LogP contribution in [0, 0.1) is 0 Å². The molecule has 0 aliphatic rings. The lowest BCUT2D eigenvalue weighted by Crippen LogP contribution is -2.35. The van der Waals surface area contributed by atoms with Gasteiger partial charge in [0.15, 0.2) is 6.10 Å². The fourth-order valence-corrected chi connectivity index (χ4v) is 3.40. The van der Waals surface area contributed by atoms with Gasteiger partial charge in [0, 0.05) is 28.3 Å². The summed E-state index contributed by atoms with van der Waals surface area (Å²) in [6, 6.07) is 12.8. The number of ether oxygens (including phenoxy) is 2. The number of nitrogens with one attached hydrogen (secondary N) is 2. The molecule has 2 rings (SSSR count). The summed E-state index contributed by atoms with van der Waals surface area (Å²) in [4.78, 5) is 36.1. The fourth-order valence-electron chi connectivity index (χ4n) is 3.02. The Bertz CT molecular complexity index is 982. The largest absolute Gasteiger partial charge is 0.508 e. The fraction of sp³-hybridized carbons (Fsp3) is 0.261. The normalized spacial score (nSPS) is 12.7. The van der Waals surface area contributed by atoms with Crippen molar-refractivity contribution in [1.29, 1.82) is 0 Å².